The number of hydrogen-bond acceptors (Lipinski definition) is 4. The summed E-state index contributed by atoms with van der Waals surface area (Å²) in [6.45, 7) is 1.85. The number of rotatable bonds is 0. The third kappa shape index (κ3) is 0.753. The summed E-state index contributed by atoms with van der Waals surface area (Å²) >= 11 is 0. The fourth-order valence-corrected chi connectivity index (χ4v) is 0.572. The van der Waals surface area contributed by atoms with E-state index in [9.17, 15) is 0 Å². The molecule has 4 heteroatoms. The van der Waals surface area contributed by atoms with Gasteiger partial charge in [0, 0.05) is 0 Å². The van der Waals surface area contributed by atoms with Crippen LogP contribution in [0.2, 0.25) is 0 Å². The van der Waals surface area contributed by atoms with Crippen molar-refractivity contribution in [1.29, 1.82) is 0 Å². The van der Waals surface area contributed by atoms with Crippen molar-refractivity contribution in [3.63, 3.8) is 0 Å². The zero-order valence-corrected chi connectivity index (χ0v) is 4.57. The lowest BCUT2D eigenvalue weighted by atomic mass is 10.6. The van der Waals surface area contributed by atoms with Crippen LogP contribution < -0.4 is 0 Å². The smallest absolute Gasteiger partial charge is 0.140 e. The summed E-state index contributed by atoms with van der Waals surface area (Å²) in [4.78, 5) is 0. The molecule has 46 valence electrons. The second-order valence-corrected chi connectivity index (χ2v) is 1.75. The molecule has 0 aromatic rings. The molecular formula is C4H8N2O2. The molecule has 0 aliphatic carbocycles. The largest absolute Gasteiger partial charge is 0.287 e. The van der Waals surface area contributed by atoms with Gasteiger partial charge < -0.3 is 0 Å². The van der Waals surface area contributed by atoms with E-state index in [1.54, 1.807) is 6.92 Å². The standard InChI is InChI=1S/C4H8N2O2/c1-4-2-5(7)3-6(4)8/h2,7-8H,3H2,1H3. The number of hydroxylamine groups is 4. The van der Waals surface area contributed by atoms with Gasteiger partial charge in [0.2, 0.25) is 0 Å². The minimum atomic E-state index is 0.145. The van der Waals surface area contributed by atoms with Crippen molar-refractivity contribution in [1.82, 2.24) is 10.1 Å². The third-order valence-electron chi connectivity index (χ3n) is 1.02. The Hall–Kier alpha value is -0.740. The van der Waals surface area contributed by atoms with E-state index in [-0.39, 0.29) is 6.67 Å². The Morgan fingerprint density at radius 3 is 2.38 bits per heavy atom. The maximum absolute atomic E-state index is 8.73. The van der Waals surface area contributed by atoms with E-state index in [1.807, 2.05) is 0 Å². The second-order valence-electron chi connectivity index (χ2n) is 1.75. The van der Waals surface area contributed by atoms with Gasteiger partial charge in [-0.1, -0.05) is 0 Å². The minimum absolute atomic E-state index is 0.145. The van der Waals surface area contributed by atoms with E-state index in [0.717, 1.165) is 10.1 Å². The van der Waals surface area contributed by atoms with Crippen LogP contribution in [-0.4, -0.2) is 27.2 Å². The van der Waals surface area contributed by atoms with Gasteiger partial charge in [0.25, 0.3) is 0 Å². The van der Waals surface area contributed by atoms with Crippen LogP contribution in [-0.2, 0) is 0 Å². The summed E-state index contributed by atoms with van der Waals surface area (Å²) in [6, 6.07) is 0. The van der Waals surface area contributed by atoms with E-state index < -0.39 is 0 Å². The number of nitrogens with zero attached hydrogens (tertiary/aromatic N) is 2. The van der Waals surface area contributed by atoms with E-state index in [4.69, 9.17) is 10.4 Å². The van der Waals surface area contributed by atoms with Gasteiger partial charge in [-0.2, -0.15) is 0 Å². The zero-order chi connectivity index (χ0) is 6.15. The van der Waals surface area contributed by atoms with E-state index in [2.05, 4.69) is 0 Å². The molecule has 1 aliphatic rings. The number of allylic oxidation sites excluding steroid dienone is 1. The van der Waals surface area contributed by atoms with Crippen LogP contribution >= 0.6 is 0 Å². The Morgan fingerprint density at radius 1 is 1.62 bits per heavy atom. The summed E-state index contributed by atoms with van der Waals surface area (Å²) in [5.41, 5.74) is 0.646. The molecule has 2 N–H and O–H groups in total. The summed E-state index contributed by atoms with van der Waals surface area (Å²) < 4.78 is 0. The van der Waals surface area contributed by atoms with E-state index >= 15 is 0 Å². The second kappa shape index (κ2) is 1.65. The molecule has 1 heterocycles. The molecule has 0 spiro atoms. The SMILES string of the molecule is CC1=CN(O)CN1O. The Bertz CT molecular complexity index is 123. The quantitative estimate of drug-likeness (QED) is 0.474. The summed E-state index contributed by atoms with van der Waals surface area (Å²) in [7, 11) is 0. The fourth-order valence-electron chi connectivity index (χ4n) is 0.572. The monoisotopic (exact) mass is 116 g/mol. The molecular weight excluding hydrogens is 108 g/mol. The van der Waals surface area contributed by atoms with E-state index in [0.29, 0.717) is 5.70 Å². The Morgan fingerprint density at radius 2 is 2.25 bits per heavy atom. The van der Waals surface area contributed by atoms with Crippen molar-refractivity contribution < 1.29 is 10.4 Å². The van der Waals surface area contributed by atoms with Crippen molar-refractivity contribution in [2.24, 2.45) is 0 Å². The first-order valence-electron chi connectivity index (χ1n) is 2.30. The van der Waals surface area contributed by atoms with E-state index in [1.165, 1.54) is 6.20 Å². The van der Waals surface area contributed by atoms with Gasteiger partial charge in [-0.15, -0.1) is 0 Å². The normalized spacial score (nSPS) is 19.6. The molecule has 4 nitrogen and oxygen atoms in total. The average molecular weight is 116 g/mol. The fraction of sp³-hybridized carbons (Fsp3) is 0.500. The van der Waals surface area contributed by atoms with Gasteiger partial charge >= 0.3 is 0 Å². The first-order chi connectivity index (χ1) is 3.70. The lowest BCUT2D eigenvalue weighted by Crippen LogP contribution is -2.20. The zero-order valence-electron chi connectivity index (χ0n) is 4.57. The molecule has 8 heavy (non-hydrogen) atoms. The molecule has 0 saturated heterocycles. The molecule has 0 radical (unpaired) electrons. The molecule has 0 bridgehead atoms. The number of hydrogen-bond donors (Lipinski definition) is 2. The molecule has 0 atom stereocenters. The average Bonchev–Trinajstić information content (AvgIpc) is 1.85. The Kier molecular flexibility index (Phi) is 1.11. The molecule has 0 fully saturated rings. The van der Waals surface area contributed by atoms with Gasteiger partial charge in [-0.05, 0) is 6.92 Å². The summed E-state index contributed by atoms with van der Waals surface area (Å²) in [5.74, 6) is 0. The highest BCUT2D eigenvalue weighted by molar-refractivity contribution is 4.96. The molecule has 0 aromatic heterocycles. The first kappa shape index (κ1) is 5.40. The Labute approximate surface area is 47.2 Å². The van der Waals surface area contributed by atoms with Crippen molar-refractivity contribution in [2.45, 2.75) is 6.92 Å². The predicted octanol–water partition coefficient (Wildman–Crippen LogP) is 0.201. The van der Waals surface area contributed by atoms with Gasteiger partial charge in [0.05, 0.1) is 11.9 Å². The third-order valence-corrected chi connectivity index (χ3v) is 1.02. The molecule has 1 aliphatic heterocycles. The van der Waals surface area contributed by atoms with Crippen LogP contribution in [0, 0.1) is 0 Å². The molecule has 0 unspecified atom stereocenters. The minimum Gasteiger partial charge on any atom is -0.287 e. The first-order valence-corrected chi connectivity index (χ1v) is 2.30. The van der Waals surface area contributed by atoms with Crippen molar-refractivity contribution in [2.75, 3.05) is 6.67 Å². The molecule has 1 rings (SSSR count). The topological polar surface area (TPSA) is 46.9 Å². The van der Waals surface area contributed by atoms with Gasteiger partial charge in [-0.25, -0.2) is 10.1 Å². The van der Waals surface area contributed by atoms with Crippen LogP contribution in [0.4, 0.5) is 0 Å². The lowest BCUT2D eigenvalue weighted by molar-refractivity contribution is -0.135. The van der Waals surface area contributed by atoms with Gasteiger partial charge in [0.1, 0.15) is 6.67 Å². The van der Waals surface area contributed by atoms with Crippen LogP contribution in [0.25, 0.3) is 0 Å². The maximum atomic E-state index is 8.73. The predicted molar refractivity (Wildman–Crippen MR) is 25.9 cm³/mol. The van der Waals surface area contributed by atoms with Crippen molar-refractivity contribution in [3.8, 4) is 0 Å². The highest BCUT2D eigenvalue weighted by Crippen LogP contribution is 2.08. The highest BCUT2D eigenvalue weighted by Gasteiger charge is 2.12. The van der Waals surface area contributed by atoms with Crippen molar-refractivity contribution >= 4 is 0 Å². The van der Waals surface area contributed by atoms with Crippen LogP contribution in [0.15, 0.2) is 11.9 Å². The maximum Gasteiger partial charge on any atom is 0.140 e. The van der Waals surface area contributed by atoms with Crippen molar-refractivity contribution in [3.05, 3.63) is 11.9 Å². The van der Waals surface area contributed by atoms with Crippen LogP contribution in [0.3, 0.4) is 0 Å². The van der Waals surface area contributed by atoms with Gasteiger partial charge in [-0.3, -0.25) is 10.4 Å². The molecule has 0 amide bonds. The molecule has 0 aromatic carbocycles. The Balaban J connectivity index is 2.59. The van der Waals surface area contributed by atoms with Gasteiger partial charge in [0.15, 0.2) is 0 Å². The molecule has 0 saturated carbocycles. The van der Waals surface area contributed by atoms with Crippen LogP contribution in [0.1, 0.15) is 6.92 Å². The highest BCUT2D eigenvalue weighted by atomic mass is 16.5. The van der Waals surface area contributed by atoms with Crippen LogP contribution in [0.5, 0.6) is 0 Å². The summed E-state index contributed by atoms with van der Waals surface area (Å²) in [6.07, 6.45) is 1.44. The summed E-state index contributed by atoms with van der Waals surface area (Å²) in [5, 5.41) is 19.2. The lowest BCUT2D eigenvalue weighted by Gasteiger charge is -2.09.